The lowest BCUT2D eigenvalue weighted by atomic mass is 10.2. The fourth-order valence-corrected chi connectivity index (χ4v) is 2.65. The predicted octanol–water partition coefficient (Wildman–Crippen LogP) is 4.31. The van der Waals surface area contributed by atoms with Crippen LogP contribution in [0.4, 0.5) is 0 Å². The molecule has 2 rings (SSSR count). The van der Waals surface area contributed by atoms with Crippen LogP contribution in [-0.4, -0.2) is 23.3 Å². The Balaban J connectivity index is 2.64. The van der Waals surface area contributed by atoms with Crippen molar-refractivity contribution in [1.82, 2.24) is 9.55 Å². The molecule has 0 amide bonds. The van der Waals surface area contributed by atoms with Crippen LogP contribution in [0.5, 0.6) is 0 Å². The summed E-state index contributed by atoms with van der Waals surface area (Å²) in [5.41, 5.74) is 2.04. The highest BCUT2D eigenvalue weighted by Crippen LogP contribution is 2.29. The summed E-state index contributed by atoms with van der Waals surface area (Å²) in [5, 5.41) is -0.129. The number of benzene rings is 1. The molecule has 98 valence electrons. The molecule has 0 radical (unpaired) electrons. The third kappa shape index (κ3) is 2.56. The quantitative estimate of drug-likeness (QED) is 0.781. The van der Waals surface area contributed by atoms with Gasteiger partial charge in [-0.2, -0.15) is 0 Å². The zero-order valence-electron chi connectivity index (χ0n) is 10.7. The van der Waals surface area contributed by atoms with Crippen LogP contribution < -0.4 is 0 Å². The monoisotopic (exact) mass is 330 g/mol. The summed E-state index contributed by atoms with van der Waals surface area (Å²) < 4.78 is 8.43. The van der Waals surface area contributed by atoms with Gasteiger partial charge in [-0.05, 0) is 32.0 Å². The number of fused-ring (bicyclic) bond motifs is 1. The molecule has 0 N–H and O–H groups in total. The van der Waals surface area contributed by atoms with Gasteiger partial charge < -0.3 is 9.30 Å². The number of hydrogen-bond acceptors (Lipinski definition) is 2. The third-order valence-corrected chi connectivity index (χ3v) is 3.57. The summed E-state index contributed by atoms with van der Waals surface area (Å²) in [5.74, 6) is 0.884. The number of methoxy groups -OCH3 is 1. The van der Waals surface area contributed by atoms with E-state index >= 15 is 0 Å². The number of hydrogen-bond donors (Lipinski definition) is 0. The molecule has 2 unspecified atom stereocenters. The molecule has 0 aliphatic heterocycles. The van der Waals surface area contributed by atoms with E-state index in [1.165, 1.54) is 0 Å². The molecule has 0 bridgehead atoms. The van der Waals surface area contributed by atoms with Gasteiger partial charge in [0, 0.05) is 11.6 Å². The van der Waals surface area contributed by atoms with E-state index in [0.717, 1.165) is 21.3 Å². The molecule has 0 aliphatic rings. The van der Waals surface area contributed by atoms with Crippen LogP contribution in [0.3, 0.4) is 0 Å². The first-order valence-corrected chi connectivity index (χ1v) is 7.08. The highest BCUT2D eigenvalue weighted by molar-refractivity contribution is 9.10. The summed E-state index contributed by atoms with van der Waals surface area (Å²) in [6, 6.07) is 6.25. The van der Waals surface area contributed by atoms with Crippen molar-refractivity contribution in [2.75, 3.05) is 13.7 Å². The molecular weight excluding hydrogens is 316 g/mol. The number of rotatable bonds is 4. The second-order valence-corrected chi connectivity index (χ2v) is 5.96. The molecule has 0 spiro atoms. The smallest absolute Gasteiger partial charge is 0.128 e. The van der Waals surface area contributed by atoms with Crippen molar-refractivity contribution in [2.45, 2.75) is 25.3 Å². The SMILES string of the molecule is COCC(C)n1c(C(C)Cl)nc2ccc(Br)cc21. The van der Waals surface area contributed by atoms with Gasteiger partial charge in [-0.1, -0.05) is 15.9 Å². The Morgan fingerprint density at radius 1 is 1.44 bits per heavy atom. The number of ether oxygens (including phenoxy) is 1. The van der Waals surface area contributed by atoms with Crippen LogP contribution in [0.1, 0.15) is 31.1 Å². The van der Waals surface area contributed by atoms with Gasteiger partial charge in [-0.15, -0.1) is 11.6 Å². The van der Waals surface area contributed by atoms with E-state index in [1.54, 1.807) is 7.11 Å². The highest BCUT2D eigenvalue weighted by atomic mass is 79.9. The van der Waals surface area contributed by atoms with Crippen molar-refractivity contribution < 1.29 is 4.74 Å². The van der Waals surface area contributed by atoms with Crippen LogP contribution in [0.25, 0.3) is 11.0 Å². The Bertz CT molecular complexity index is 553. The van der Waals surface area contributed by atoms with Crippen molar-refractivity contribution >= 4 is 38.6 Å². The average Bonchev–Trinajstić information content (AvgIpc) is 2.67. The van der Waals surface area contributed by atoms with Crippen LogP contribution in [0, 0.1) is 0 Å². The summed E-state index contributed by atoms with van der Waals surface area (Å²) >= 11 is 9.72. The zero-order valence-corrected chi connectivity index (χ0v) is 13.0. The van der Waals surface area contributed by atoms with E-state index in [2.05, 4.69) is 38.5 Å². The van der Waals surface area contributed by atoms with Gasteiger partial charge >= 0.3 is 0 Å². The number of halogens is 2. The fraction of sp³-hybridized carbons (Fsp3) is 0.462. The van der Waals surface area contributed by atoms with Gasteiger partial charge in [0.05, 0.1) is 29.1 Å². The fourth-order valence-electron chi connectivity index (χ4n) is 2.14. The van der Waals surface area contributed by atoms with Crippen molar-refractivity contribution in [2.24, 2.45) is 0 Å². The number of nitrogens with zero attached hydrogens (tertiary/aromatic N) is 2. The first-order chi connectivity index (χ1) is 8.54. The molecule has 1 heterocycles. The second kappa shape index (κ2) is 5.59. The van der Waals surface area contributed by atoms with E-state index < -0.39 is 0 Å². The van der Waals surface area contributed by atoms with E-state index in [0.29, 0.717) is 6.61 Å². The van der Waals surface area contributed by atoms with Gasteiger partial charge in [0.25, 0.3) is 0 Å². The van der Waals surface area contributed by atoms with Crippen LogP contribution in [0.2, 0.25) is 0 Å². The second-order valence-electron chi connectivity index (χ2n) is 4.39. The standard InChI is InChI=1S/C13H16BrClN2O/c1-8(7-18-3)17-12-6-10(14)4-5-11(12)16-13(17)9(2)15/h4-6,8-9H,7H2,1-3H3. The molecule has 2 aromatic rings. The maximum atomic E-state index is 6.23. The summed E-state index contributed by atoms with van der Waals surface area (Å²) in [6.45, 7) is 4.68. The molecule has 1 aromatic carbocycles. The average molecular weight is 332 g/mol. The maximum Gasteiger partial charge on any atom is 0.128 e. The van der Waals surface area contributed by atoms with Gasteiger partial charge in [0.1, 0.15) is 5.82 Å². The summed E-state index contributed by atoms with van der Waals surface area (Å²) in [7, 11) is 1.70. The molecule has 5 heteroatoms. The zero-order chi connectivity index (χ0) is 13.3. The topological polar surface area (TPSA) is 27.1 Å². The Hall–Kier alpha value is -0.580. The van der Waals surface area contributed by atoms with Crippen LogP contribution in [0.15, 0.2) is 22.7 Å². The van der Waals surface area contributed by atoms with E-state index in [-0.39, 0.29) is 11.4 Å². The number of alkyl halides is 1. The molecule has 0 aliphatic carbocycles. The van der Waals surface area contributed by atoms with E-state index in [4.69, 9.17) is 16.3 Å². The molecule has 18 heavy (non-hydrogen) atoms. The summed E-state index contributed by atoms with van der Waals surface area (Å²) in [6.07, 6.45) is 0. The van der Waals surface area contributed by atoms with Crippen LogP contribution in [-0.2, 0) is 4.74 Å². The van der Waals surface area contributed by atoms with E-state index in [9.17, 15) is 0 Å². The lowest BCUT2D eigenvalue weighted by Gasteiger charge is -2.17. The highest BCUT2D eigenvalue weighted by Gasteiger charge is 2.19. The first kappa shape index (κ1) is 13.8. The van der Waals surface area contributed by atoms with Gasteiger partial charge in [-0.3, -0.25) is 0 Å². The Morgan fingerprint density at radius 3 is 2.78 bits per heavy atom. The Morgan fingerprint density at radius 2 is 2.17 bits per heavy atom. The summed E-state index contributed by atoms with van der Waals surface area (Å²) in [4.78, 5) is 4.61. The molecular formula is C13H16BrClN2O. The lowest BCUT2D eigenvalue weighted by molar-refractivity contribution is 0.162. The van der Waals surface area contributed by atoms with Crippen molar-refractivity contribution in [1.29, 1.82) is 0 Å². The van der Waals surface area contributed by atoms with E-state index in [1.807, 2.05) is 19.1 Å². The lowest BCUT2D eigenvalue weighted by Crippen LogP contribution is -2.14. The maximum absolute atomic E-state index is 6.23. The minimum Gasteiger partial charge on any atom is -0.383 e. The molecule has 0 saturated heterocycles. The normalized spacial score (nSPS) is 14.9. The largest absolute Gasteiger partial charge is 0.383 e. The van der Waals surface area contributed by atoms with Crippen LogP contribution >= 0.6 is 27.5 Å². The number of imidazole rings is 1. The molecule has 0 saturated carbocycles. The Labute approximate surface area is 120 Å². The predicted molar refractivity (Wildman–Crippen MR) is 78.3 cm³/mol. The third-order valence-electron chi connectivity index (χ3n) is 2.88. The van der Waals surface area contributed by atoms with Crippen molar-refractivity contribution in [3.05, 3.63) is 28.5 Å². The van der Waals surface area contributed by atoms with Crippen molar-refractivity contribution in [3.8, 4) is 0 Å². The number of aromatic nitrogens is 2. The first-order valence-electron chi connectivity index (χ1n) is 5.85. The molecule has 0 fully saturated rings. The minimum absolute atomic E-state index is 0.129. The van der Waals surface area contributed by atoms with Gasteiger partial charge in [-0.25, -0.2) is 4.98 Å². The van der Waals surface area contributed by atoms with Gasteiger partial charge in [0.2, 0.25) is 0 Å². The molecule has 1 aromatic heterocycles. The minimum atomic E-state index is -0.129. The van der Waals surface area contributed by atoms with Gasteiger partial charge in [0.15, 0.2) is 0 Å². The molecule has 2 atom stereocenters. The molecule has 3 nitrogen and oxygen atoms in total. The van der Waals surface area contributed by atoms with Crippen molar-refractivity contribution in [3.63, 3.8) is 0 Å². The Kier molecular flexibility index (Phi) is 4.30.